The first-order valence-corrected chi connectivity index (χ1v) is 9.20. The molecule has 1 aromatic heterocycles. The molecule has 2 heterocycles. The zero-order chi connectivity index (χ0) is 17.2. The van der Waals surface area contributed by atoms with Gasteiger partial charge in [0.15, 0.2) is 12.6 Å². The highest BCUT2D eigenvalue weighted by Gasteiger charge is 2.31. The van der Waals surface area contributed by atoms with Gasteiger partial charge >= 0.3 is 0 Å². The van der Waals surface area contributed by atoms with E-state index in [1.807, 2.05) is 18.2 Å². The quantitative estimate of drug-likeness (QED) is 0.716. The van der Waals surface area contributed by atoms with Crippen LogP contribution in [0.4, 0.5) is 0 Å². The molecule has 4 rings (SSSR count). The van der Waals surface area contributed by atoms with E-state index in [9.17, 15) is 4.79 Å². The number of fused-ring (bicyclic) bond motifs is 1. The highest BCUT2D eigenvalue weighted by molar-refractivity contribution is 6.00. The predicted octanol–water partition coefficient (Wildman–Crippen LogP) is 3.88. The van der Waals surface area contributed by atoms with E-state index in [4.69, 9.17) is 14.2 Å². The lowest BCUT2D eigenvalue weighted by molar-refractivity contribution is -0.163. The monoisotopic (exact) mass is 343 g/mol. The molecule has 25 heavy (non-hydrogen) atoms. The molecule has 5 nitrogen and oxygen atoms in total. The van der Waals surface area contributed by atoms with Crippen molar-refractivity contribution < 1.29 is 19.0 Å². The number of carbonyl (C=O) groups is 1. The largest absolute Gasteiger partial charge is 0.497 e. The molecule has 1 aliphatic heterocycles. The number of benzene rings is 1. The Morgan fingerprint density at radius 2 is 2.16 bits per heavy atom. The van der Waals surface area contributed by atoms with E-state index in [0.717, 1.165) is 73.0 Å². The predicted molar refractivity (Wildman–Crippen MR) is 95.4 cm³/mol. The standard InChI is InChI=1S/C20H25NO4/c1-23-15-7-8-18-16(12-15)17(13-22)20(14-5-6-14)21(18)9-11-25-19-4-2-3-10-24-19/h7-8,12-14,19H,2-6,9-11H2,1H3. The molecule has 2 aromatic rings. The summed E-state index contributed by atoms with van der Waals surface area (Å²) in [6.07, 6.45) is 6.49. The second-order valence-corrected chi connectivity index (χ2v) is 6.89. The minimum absolute atomic E-state index is 0.0782. The fourth-order valence-electron chi connectivity index (χ4n) is 3.79. The van der Waals surface area contributed by atoms with Crippen LogP contribution in [0.15, 0.2) is 18.2 Å². The summed E-state index contributed by atoms with van der Waals surface area (Å²) in [6, 6.07) is 5.96. The Hall–Kier alpha value is -1.85. The van der Waals surface area contributed by atoms with Crippen LogP contribution in [-0.4, -0.2) is 37.5 Å². The van der Waals surface area contributed by atoms with E-state index in [1.54, 1.807) is 7.11 Å². The number of ether oxygens (including phenoxy) is 3. The Balaban J connectivity index is 1.61. The van der Waals surface area contributed by atoms with Crippen LogP contribution in [0.5, 0.6) is 5.75 Å². The average molecular weight is 343 g/mol. The summed E-state index contributed by atoms with van der Waals surface area (Å²) in [5.41, 5.74) is 3.05. The fraction of sp³-hybridized carbons (Fsp3) is 0.550. The molecule has 1 atom stereocenters. The third kappa shape index (κ3) is 3.31. The third-order valence-electron chi connectivity index (χ3n) is 5.19. The Morgan fingerprint density at radius 1 is 1.28 bits per heavy atom. The lowest BCUT2D eigenvalue weighted by Gasteiger charge is -2.23. The van der Waals surface area contributed by atoms with Crippen molar-refractivity contribution in [3.63, 3.8) is 0 Å². The van der Waals surface area contributed by atoms with Crippen LogP contribution in [0, 0.1) is 0 Å². The molecule has 1 aliphatic carbocycles. The number of hydrogen-bond donors (Lipinski definition) is 0. The molecular weight excluding hydrogens is 318 g/mol. The van der Waals surface area contributed by atoms with Gasteiger partial charge in [-0.25, -0.2) is 0 Å². The van der Waals surface area contributed by atoms with Crippen molar-refractivity contribution in [2.24, 2.45) is 0 Å². The van der Waals surface area contributed by atoms with Crippen molar-refractivity contribution in [3.8, 4) is 5.75 Å². The number of aromatic nitrogens is 1. The minimum atomic E-state index is -0.0782. The van der Waals surface area contributed by atoms with Crippen LogP contribution in [0.2, 0.25) is 0 Å². The van der Waals surface area contributed by atoms with E-state index in [1.165, 1.54) is 6.42 Å². The molecule has 0 bridgehead atoms. The zero-order valence-electron chi connectivity index (χ0n) is 14.7. The first-order chi connectivity index (χ1) is 12.3. The maximum Gasteiger partial charge on any atom is 0.157 e. The molecule has 0 spiro atoms. The fourth-order valence-corrected chi connectivity index (χ4v) is 3.79. The second kappa shape index (κ2) is 7.18. The zero-order valence-corrected chi connectivity index (χ0v) is 14.7. The number of methoxy groups -OCH3 is 1. The minimum Gasteiger partial charge on any atom is -0.497 e. The Morgan fingerprint density at radius 3 is 2.84 bits per heavy atom. The maximum atomic E-state index is 11.8. The Kier molecular flexibility index (Phi) is 4.77. The number of carbonyl (C=O) groups excluding carboxylic acids is 1. The highest BCUT2D eigenvalue weighted by atomic mass is 16.7. The van der Waals surface area contributed by atoms with Crippen LogP contribution < -0.4 is 4.74 Å². The van der Waals surface area contributed by atoms with Crippen LogP contribution in [0.3, 0.4) is 0 Å². The summed E-state index contributed by atoms with van der Waals surface area (Å²) < 4.78 is 19.2. The molecule has 0 amide bonds. The summed E-state index contributed by atoms with van der Waals surface area (Å²) in [6.45, 7) is 2.13. The number of aldehydes is 1. The van der Waals surface area contributed by atoms with Crippen molar-refractivity contribution in [1.29, 1.82) is 0 Å². The normalized spacial score (nSPS) is 20.8. The number of nitrogens with zero attached hydrogens (tertiary/aromatic N) is 1. The van der Waals surface area contributed by atoms with Crippen LogP contribution in [-0.2, 0) is 16.0 Å². The van der Waals surface area contributed by atoms with E-state index in [2.05, 4.69) is 4.57 Å². The van der Waals surface area contributed by atoms with Crippen LogP contribution in [0.1, 0.15) is 54.1 Å². The summed E-state index contributed by atoms with van der Waals surface area (Å²) in [7, 11) is 1.65. The Labute approximate surface area is 147 Å². The molecular formula is C20H25NO4. The van der Waals surface area contributed by atoms with Crippen molar-refractivity contribution in [2.75, 3.05) is 20.3 Å². The molecule has 0 radical (unpaired) electrons. The molecule has 0 N–H and O–H groups in total. The summed E-state index contributed by atoms with van der Waals surface area (Å²) in [4.78, 5) is 11.8. The smallest absolute Gasteiger partial charge is 0.157 e. The topological polar surface area (TPSA) is 49.7 Å². The van der Waals surface area contributed by atoms with Crippen LogP contribution >= 0.6 is 0 Å². The molecule has 2 aliphatic rings. The van der Waals surface area contributed by atoms with Crippen LogP contribution in [0.25, 0.3) is 10.9 Å². The average Bonchev–Trinajstić information content (AvgIpc) is 3.45. The lowest BCUT2D eigenvalue weighted by atomic mass is 10.1. The van der Waals surface area contributed by atoms with E-state index < -0.39 is 0 Å². The van der Waals surface area contributed by atoms with E-state index in [-0.39, 0.29) is 6.29 Å². The Bertz CT molecular complexity index is 757. The summed E-state index contributed by atoms with van der Waals surface area (Å²) in [5, 5.41) is 0.977. The van der Waals surface area contributed by atoms with Gasteiger partial charge in [-0.2, -0.15) is 0 Å². The maximum absolute atomic E-state index is 11.8. The van der Waals surface area contributed by atoms with Crippen molar-refractivity contribution in [2.45, 2.75) is 50.9 Å². The molecule has 1 saturated carbocycles. The van der Waals surface area contributed by atoms with E-state index in [0.29, 0.717) is 12.5 Å². The van der Waals surface area contributed by atoms with Gasteiger partial charge in [0.25, 0.3) is 0 Å². The van der Waals surface area contributed by atoms with Gasteiger partial charge in [0.05, 0.1) is 13.7 Å². The number of hydrogen-bond acceptors (Lipinski definition) is 4. The van der Waals surface area contributed by atoms with E-state index >= 15 is 0 Å². The molecule has 1 unspecified atom stereocenters. The van der Waals surface area contributed by atoms with Crippen molar-refractivity contribution in [1.82, 2.24) is 4.57 Å². The molecule has 5 heteroatoms. The summed E-state index contributed by atoms with van der Waals surface area (Å²) in [5.74, 6) is 1.27. The van der Waals surface area contributed by atoms with Gasteiger partial charge in [0.1, 0.15) is 5.75 Å². The second-order valence-electron chi connectivity index (χ2n) is 6.89. The molecule has 134 valence electrons. The van der Waals surface area contributed by atoms with Gasteiger partial charge in [0.2, 0.25) is 0 Å². The molecule has 2 fully saturated rings. The lowest BCUT2D eigenvalue weighted by Crippen LogP contribution is -2.24. The van der Waals surface area contributed by atoms with Crippen molar-refractivity contribution >= 4 is 17.2 Å². The van der Waals surface area contributed by atoms with Gasteiger partial charge in [-0.1, -0.05) is 0 Å². The SMILES string of the molecule is COc1ccc2c(c1)c(C=O)c(C1CC1)n2CCOC1CCCCO1. The van der Waals surface area contributed by atoms with Gasteiger partial charge in [-0.15, -0.1) is 0 Å². The van der Waals surface area contributed by atoms with Gasteiger partial charge in [0, 0.05) is 35.3 Å². The van der Waals surface area contributed by atoms with Gasteiger partial charge in [-0.05, 0) is 56.2 Å². The summed E-state index contributed by atoms with van der Waals surface area (Å²) >= 11 is 0. The van der Waals surface area contributed by atoms with Gasteiger partial charge < -0.3 is 18.8 Å². The third-order valence-corrected chi connectivity index (χ3v) is 5.19. The molecule has 1 saturated heterocycles. The first kappa shape index (κ1) is 16.6. The molecule has 1 aromatic carbocycles. The van der Waals surface area contributed by atoms with Gasteiger partial charge in [-0.3, -0.25) is 4.79 Å². The number of rotatable bonds is 7. The first-order valence-electron chi connectivity index (χ1n) is 9.20. The van der Waals surface area contributed by atoms with Crippen molar-refractivity contribution in [3.05, 3.63) is 29.5 Å². The highest BCUT2D eigenvalue weighted by Crippen LogP contribution is 2.45.